The van der Waals surface area contributed by atoms with Crippen LogP contribution in [0.25, 0.3) is 0 Å². The number of rotatable bonds is 6. The summed E-state index contributed by atoms with van der Waals surface area (Å²) in [4.78, 5) is 16.6. The number of alkyl halides is 6. The minimum absolute atomic E-state index is 0.0369. The standard InChI is InChI=1S/C23H16BrF6NO/c24-17-4-1-3-14(11-17)12-18(32)13-19(15-6-8-16(9-7-15)22(25,26)27)21-20(23(28,29)30)5-2-10-31-21/h1-11,19H,12-13H2/t19-/m0/s1. The predicted molar refractivity (Wildman–Crippen MR) is 110 cm³/mol. The quantitative estimate of drug-likeness (QED) is 0.324. The van der Waals surface area contributed by atoms with Gasteiger partial charge in [-0.15, -0.1) is 0 Å². The Morgan fingerprint density at radius 1 is 0.906 bits per heavy atom. The minimum Gasteiger partial charge on any atom is -0.299 e. The summed E-state index contributed by atoms with van der Waals surface area (Å²) >= 11 is 3.29. The molecule has 1 atom stereocenters. The third-order valence-electron chi connectivity index (χ3n) is 4.84. The van der Waals surface area contributed by atoms with Crippen LogP contribution in [0.3, 0.4) is 0 Å². The number of pyridine rings is 1. The van der Waals surface area contributed by atoms with Crippen LogP contribution in [0.1, 0.15) is 40.3 Å². The summed E-state index contributed by atoms with van der Waals surface area (Å²) < 4.78 is 80.3. The largest absolute Gasteiger partial charge is 0.418 e. The highest BCUT2D eigenvalue weighted by Gasteiger charge is 2.37. The Labute approximate surface area is 188 Å². The first kappa shape index (κ1) is 24.0. The van der Waals surface area contributed by atoms with Gasteiger partial charge >= 0.3 is 12.4 Å². The van der Waals surface area contributed by atoms with E-state index in [9.17, 15) is 31.1 Å². The molecule has 1 aromatic heterocycles. The predicted octanol–water partition coefficient (Wildman–Crippen LogP) is 7.22. The van der Waals surface area contributed by atoms with Gasteiger partial charge in [0.15, 0.2) is 0 Å². The van der Waals surface area contributed by atoms with Crippen LogP contribution in [0.4, 0.5) is 26.3 Å². The van der Waals surface area contributed by atoms with Crippen LogP contribution in [0, 0.1) is 0 Å². The zero-order valence-corrected chi connectivity index (χ0v) is 17.9. The lowest BCUT2D eigenvalue weighted by molar-refractivity contribution is -0.139. The highest BCUT2D eigenvalue weighted by molar-refractivity contribution is 9.10. The molecule has 2 aromatic carbocycles. The van der Waals surface area contributed by atoms with E-state index in [1.54, 1.807) is 24.3 Å². The van der Waals surface area contributed by atoms with Crippen molar-refractivity contribution in [2.45, 2.75) is 31.1 Å². The van der Waals surface area contributed by atoms with Crippen LogP contribution in [-0.4, -0.2) is 10.8 Å². The molecule has 0 radical (unpaired) electrons. The fourth-order valence-corrected chi connectivity index (χ4v) is 3.83. The molecule has 0 N–H and O–H groups in total. The minimum atomic E-state index is -4.74. The first-order valence-electron chi connectivity index (χ1n) is 9.40. The van der Waals surface area contributed by atoms with Crippen molar-refractivity contribution < 1.29 is 31.1 Å². The summed E-state index contributed by atoms with van der Waals surface area (Å²) in [5, 5.41) is 0. The van der Waals surface area contributed by atoms with Crippen LogP contribution in [0.5, 0.6) is 0 Å². The maximum absolute atomic E-state index is 13.6. The van der Waals surface area contributed by atoms with Crippen molar-refractivity contribution in [1.82, 2.24) is 4.98 Å². The molecule has 0 aliphatic rings. The van der Waals surface area contributed by atoms with Crippen LogP contribution in [0.15, 0.2) is 71.3 Å². The fourth-order valence-electron chi connectivity index (χ4n) is 3.39. The number of aromatic nitrogens is 1. The van der Waals surface area contributed by atoms with E-state index in [1.165, 1.54) is 6.20 Å². The molecule has 0 unspecified atom stereocenters. The van der Waals surface area contributed by atoms with E-state index in [4.69, 9.17) is 0 Å². The van der Waals surface area contributed by atoms with Crippen molar-refractivity contribution in [3.05, 3.63) is 99.3 Å². The Bertz CT molecular complexity index is 1090. The molecule has 168 valence electrons. The second-order valence-electron chi connectivity index (χ2n) is 7.16. The number of nitrogens with zero attached hydrogens (tertiary/aromatic N) is 1. The summed E-state index contributed by atoms with van der Waals surface area (Å²) in [6.45, 7) is 0. The number of hydrogen-bond acceptors (Lipinski definition) is 2. The molecular formula is C23H16BrF6NO. The first-order chi connectivity index (χ1) is 14.9. The van der Waals surface area contributed by atoms with Gasteiger partial charge in [-0.25, -0.2) is 0 Å². The molecule has 0 fully saturated rings. The van der Waals surface area contributed by atoms with Crippen LogP contribution in [0.2, 0.25) is 0 Å². The van der Waals surface area contributed by atoms with Gasteiger partial charge in [0.2, 0.25) is 0 Å². The van der Waals surface area contributed by atoms with E-state index in [0.717, 1.165) is 40.9 Å². The number of carbonyl (C=O) groups excluding carboxylic acids is 1. The van der Waals surface area contributed by atoms with Gasteiger partial charge < -0.3 is 0 Å². The first-order valence-corrected chi connectivity index (χ1v) is 10.2. The number of benzene rings is 2. The van der Waals surface area contributed by atoms with Gasteiger partial charge in [-0.3, -0.25) is 9.78 Å². The van der Waals surface area contributed by atoms with E-state index in [1.807, 2.05) is 0 Å². The Hall–Kier alpha value is -2.68. The van der Waals surface area contributed by atoms with Crippen molar-refractivity contribution in [3.8, 4) is 0 Å². The monoisotopic (exact) mass is 515 g/mol. The molecule has 3 aromatic rings. The van der Waals surface area contributed by atoms with Gasteiger partial charge in [-0.2, -0.15) is 26.3 Å². The average molecular weight is 516 g/mol. The molecule has 32 heavy (non-hydrogen) atoms. The number of carbonyl (C=O) groups is 1. The molecule has 9 heteroatoms. The molecule has 0 amide bonds. The summed E-state index contributed by atoms with van der Waals surface area (Å²) in [5.41, 5.74) is -1.56. The molecule has 0 aliphatic heterocycles. The third kappa shape index (κ3) is 5.97. The van der Waals surface area contributed by atoms with Gasteiger partial charge in [0.05, 0.1) is 16.8 Å². The number of ketones is 1. The molecule has 0 saturated heterocycles. The normalized spacial score (nSPS) is 13.1. The van der Waals surface area contributed by atoms with Crippen LogP contribution < -0.4 is 0 Å². The molecule has 3 rings (SSSR count). The number of hydrogen-bond donors (Lipinski definition) is 0. The zero-order valence-electron chi connectivity index (χ0n) is 16.3. The van der Waals surface area contributed by atoms with Gasteiger partial charge in [-0.1, -0.05) is 40.2 Å². The zero-order chi connectivity index (χ0) is 23.5. The fraction of sp³-hybridized carbons (Fsp3) is 0.217. The van der Waals surface area contributed by atoms with Gasteiger partial charge in [0.1, 0.15) is 5.78 Å². The number of halogens is 7. The van der Waals surface area contributed by atoms with Gasteiger partial charge in [-0.05, 0) is 47.5 Å². The Kier molecular flexibility index (Phi) is 7.07. The smallest absolute Gasteiger partial charge is 0.299 e. The third-order valence-corrected chi connectivity index (χ3v) is 5.33. The molecule has 1 heterocycles. The molecule has 0 saturated carbocycles. The second kappa shape index (κ2) is 9.44. The maximum Gasteiger partial charge on any atom is 0.418 e. The second-order valence-corrected chi connectivity index (χ2v) is 8.07. The summed E-state index contributed by atoms with van der Waals surface area (Å²) in [6, 6.07) is 12.6. The van der Waals surface area contributed by atoms with Crippen molar-refractivity contribution >= 4 is 21.7 Å². The molecule has 0 aliphatic carbocycles. The topological polar surface area (TPSA) is 30.0 Å². The van der Waals surface area contributed by atoms with Crippen LogP contribution in [-0.2, 0) is 23.6 Å². The number of Topliss-reactive ketones (excluding diaryl/α,β-unsaturated/α-hetero) is 1. The van der Waals surface area contributed by atoms with E-state index < -0.39 is 35.1 Å². The maximum atomic E-state index is 13.6. The Morgan fingerprint density at radius 2 is 1.59 bits per heavy atom. The highest BCUT2D eigenvalue weighted by atomic mass is 79.9. The highest BCUT2D eigenvalue weighted by Crippen LogP contribution is 2.39. The summed E-state index contributed by atoms with van der Waals surface area (Å²) in [7, 11) is 0. The van der Waals surface area contributed by atoms with E-state index in [2.05, 4.69) is 20.9 Å². The van der Waals surface area contributed by atoms with Crippen molar-refractivity contribution in [1.29, 1.82) is 0 Å². The average Bonchev–Trinajstić information content (AvgIpc) is 2.71. The van der Waals surface area contributed by atoms with Gasteiger partial charge in [0.25, 0.3) is 0 Å². The van der Waals surface area contributed by atoms with Crippen molar-refractivity contribution in [2.24, 2.45) is 0 Å². The van der Waals surface area contributed by atoms with Crippen molar-refractivity contribution in [2.75, 3.05) is 0 Å². The summed E-state index contributed by atoms with van der Waals surface area (Å²) in [5.74, 6) is -1.53. The lowest BCUT2D eigenvalue weighted by Crippen LogP contribution is -2.18. The lowest BCUT2D eigenvalue weighted by atomic mass is 9.86. The van der Waals surface area contributed by atoms with Crippen LogP contribution >= 0.6 is 15.9 Å². The molecular weight excluding hydrogens is 500 g/mol. The van der Waals surface area contributed by atoms with E-state index in [0.29, 0.717) is 5.56 Å². The van der Waals surface area contributed by atoms with E-state index >= 15 is 0 Å². The Morgan fingerprint density at radius 3 is 2.19 bits per heavy atom. The Balaban J connectivity index is 1.99. The molecule has 0 spiro atoms. The summed E-state index contributed by atoms with van der Waals surface area (Å²) in [6.07, 6.45) is -8.54. The molecule has 0 bridgehead atoms. The SMILES string of the molecule is O=C(Cc1cccc(Br)c1)C[C@@H](c1ccc(C(F)(F)F)cc1)c1ncccc1C(F)(F)F. The van der Waals surface area contributed by atoms with Crippen molar-refractivity contribution in [3.63, 3.8) is 0 Å². The molecule has 2 nitrogen and oxygen atoms in total. The van der Waals surface area contributed by atoms with E-state index in [-0.39, 0.29) is 24.2 Å². The van der Waals surface area contributed by atoms with Gasteiger partial charge in [0, 0.05) is 29.4 Å². The lowest BCUT2D eigenvalue weighted by Gasteiger charge is -2.21.